The van der Waals surface area contributed by atoms with Crippen LogP contribution < -0.4 is 5.32 Å². The number of amides is 2. The Bertz CT molecular complexity index is 451. The van der Waals surface area contributed by atoms with Crippen LogP contribution in [0.1, 0.15) is 59.8 Å². The second-order valence-electron chi connectivity index (χ2n) is 7.38. The summed E-state index contributed by atoms with van der Waals surface area (Å²) in [5, 5.41) is 2.57. The molecule has 1 saturated heterocycles. The molecule has 1 N–H and O–H groups in total. The van der Waals surface area contributed by atoms with Crippen molar-refractivity contribution in [1.29, 1.82) is 0 Å². The van der Waals surface area contributed by atoms with Gasteiger partial charge in [-0.2, -0.15) is 0 Å². The van der Waals surface area contributed by atoms with Gasteiger partial charge in [0.25, 0.3) is 0 Å². The molecule has 144 valence electrons. The van der Waals surface area contributed by atoms with Crippen LogP contribution in [0.4, 0.5) is 4.79 Å². The topological polar surface area (TPSA) is 84.9 Å². The maximum Gasteiger partial charge on any atom is 0.410 e. The summed E-state index contributed by atoms with van der Waals surface area (Å²) in [6, 6.07) is 0. The van der Waals surface area contributed by atoms with Gasteiger partial charge in [-0.25, -0.2) is 4.79 Å². The Morgan fingerprint density at radius 2 is 1.80 bits per heavy atom. The number of rotatable bonds is 7. The number of ether oxygens (including phenoxy) is 2. The molecule has 0 atom stereocenters. The zero-order valence-corrected chi connectivity index (χ0v) is 15.9. The molecule has 0 radical (unpaired) electrons. The van der Waals surface area contributed by atoms with Crippen molar-refractivity contribution in [2.24, 2.45) is 5.92 Å². The first kappa shape index (κ1) is 21.3. The van der Waals surface area contributed by atoms with Gasteiger partial charge in [-0.1, -0.05) is 0 Å². The average Bonchev–Trinajstić information content (AvgIpc) is 2.52. The molecule has 0 aromatic rings. The first-order valence-corrected chi connectivity index (χ1v) is 9.11. The number of esters is 1. The average molecular weight is 356 g/mol. The predicted octanol–water partition coefficient (Wildman–Crippen LogP) is 2.48. The van der Waals surface area contributed by atoms with Crippen molar-refractivity contribution >= 4 is 18.0 Å². The summed E-state index contributed by atoms with van der Waals surface area (Å²) in [6.07, 6.45) is 3.77. The van der Waals surface area contributed by atoms with Gasteiger partial charge in [0.15, 0.2) is 0 Å². The summed E-state index contributed by atoms with van der Waals surface area (Å²) < 4.78 is 10.1. The summed E-state index contributed by atoms with van der Waals surface area (Å²) in [6.45, 7) is 8.98. The summed E-state index contributed by atoms with van der Waals surface area (Å²) in [5.41, 5.74) is -0.467. The van der Waals surface area contributed by atoms with Gasteiger partial charge in [-0.05, 0) is 59.3 Å². The van der Waals surface area contributed by atoms with Crippen LogP contribution in [-0.4, -0.2) is 54.7 Å². The summed E-state index contributed by atoms with van der Waals surface area (Å²) in [7, 11) is 0. The Morgan fingerprint density at radius 1 is 1.16 bits per heavy atom. The summed E-state index contributed by atoms with van der Waals surface area (Å²) in [5.74, 6) is -0.0128. The van der Waals surface area contributed by atoms with Gasteiger partial charge in [0, 0.05) is 19.5 Å². The summed E-state index contributed by atoms with van der Waals surface area (Å²) in [4.78, 5) is 36.6. The van der Waals surface area contributed by atoms with Gasteiger partial charge in [0.1, 0.15) is 12.1 Å². The van der Waals surface area contributed by atoms with Crippen molar-refractivity contribution in [3.8, 4) is 0 Å². The lowest BCUT2D eigenvalue weighted by Gasteiger charge is -2.33. The van der Waals surface area contributed by atoms with Crippen LogP contribution in [0.15, 0.2) is 0 Å². The van der Waals surface area contributed by atoms with Gasteiger partial charge < -0.3 is 19.7 Å². The van der Waals surface area contributed by atoms with E-state index >= 15 is 0 Å². The van der Waals surface area contributed by atoms with Crippen LogP contribution in [0.25, 0.3) is 0 Å². The largest absolute Gasteiger partial charge is 0.465 e. The highest BCUT2D eigenvalue weighted by Gasteiger charge is 2.26. The lowest BCUT2D eigenvalue weighted by atomic mass is 9.91. The monoisotopic (exact) mass is 356 g/mol. The molecule has 0 aromatic carbocycles. The molecule has 1 aliphatic rings. The second kappa shape index (κ2) is 10.3. The number of carbonyl (C=O) groups is 3. The van der Waals surface area contributed by atoms with Gasteiger partial charge >= 0.3 is 12.1 Å². The van der Waals surface area contributed by atoms with Crippen molar-refractivity contribution < 1.29 is 23.9 Å². The van der Waals surface area contributed by atoms with Crippen molar-refractivity contribution in [1.82, 2.24) is 10.2 Å². The zero-order chi connectivity index (χ0) is 18.9. The van der Waals surface area contributed by atoms with E-state index in [1.807, 2.05) is 20.8 Å². The first-order valence-electron chi connectivity index (χ1n) is 9.11. The highest BCUT2D eigenvalue weighted by Crippen LogP contribution is 2.23. The molecule has 0 aromatic heterocycles. The Labute approximate surface area is 150 Å². The van der Waals surface area contributed by atoms with E-state index in [1.165, 1.54) is 0 Å². The molecule has 0 saturated carbocycles. The van der Waals surface area contributed by atoms with E-state index in [9.17, 15) is 14.4 Å². The highest BCUT2D eigenvalue weighted by molar-refractivity contribution is 5.81. The number of hydrogen-bond donors (Lipinski definition) is 1. The zero-order valence-electron chi connectivity index (χ0n) is 15.9. The van der Waals surface area contributed by atoms with Crippen LogP contribution in [0.2, 0.25) is 0 Å². The Morgan fingerprint density at radius 3 is 2.36 bits per heavy atom. The number of hydrogen-bond acceptors (Lipinski definition) is 5. The molecular weight excluding hydrogens is 324 g/mol. The third-order valence-corrected chi connectivity index (χ3v) is 4.02. The Kier molecular flexibility index (Phi) is 8.72. The smallest absolute Gasteiger partial charge is 0.410 e. The maximum atomic E-state index is 12.0. The SMILES string of the molecule is CCOC(=O)CNC(=O)CCCC1CCN(C(=O)OC(C)(C)C)CC1. The molecule has 0 bridgehead atoms. The van der Waals surface area contributed by atoms with E-state index in [0.717, 1.165) is 25.7 Å². The Hall–Kier alpha value is -1.79. The quantitative estimate of drug-likeness (QED) is 0.708. The van der Waals surface area contributed by atoms with Crippen LogP contribution in [0, 0.1) is 5.92 Å². The fourth-order valence-electron chi connectivity index (χ4n) is 2.75. The minimum absolute atomic E-state index is 0.0685. The summed E-state index contributed by atoms with van der Waals surface area (Å²) >= 11 is 0. The lowest BCUT2D eigenvalue weighted by Crippen LogP contribution is -2.41. The number of nitrogens with one attached hydrogen (secondary N) is 1. The fraction of sp³-hybridized carbons (Fsp3) is 0.833. The normalized spacial score (nSPS) is 15.6. The van der Waals surface area contributed by atoms with Crippen molar-refractivity contribution in [3.63, 3.8) is 0 Å². The molecule has 0 aliphatic carbocycles. The molecular formula is C18H32N2O5. The predicted molar refractivity (Wildman–Crippen MR) is 94.0 cm³/mol. The fourth-order valence-corrected chi connectivity index (χ4v) is 2.75. The number of carbonyl (C=O) groups excluding carboxylic acids is 3. The molecule has 1 heterocycles. The molecule has 0 unspecified atom stereocenters. The molecule has 2 amide bonds. The molecule has 1 fully saturated rings. The third kappa shape index (κ3) is 9.31. The van der Waals surface area contributed by atoms with Gasteiger partial charge in [-0.3, -0.25) is 9.59 Å². The van der Waals surface area contributed by atoms with Crippen LogP contribution in [0.5, 0.6) is 0 Å². The minimum Gasteiger partial charge on any atom is -0.465 e. The van der Waals surface area contributed by atoms with Crippen LogP contribution in [-0.2, 0) is 19.1 Å². The van der Waals surface area contributed by atoms with Crippen molar-refractivity contribution in [3.05, 3.63) is 0 Å². The van der Waals surface area contributed by atoms with Gasteiger partial charge in [-0.15, -0.1) is 0 Å². The lowest BCUT2D eigenvalue weighted by molar-refractivity contribution is -0.143. The minimum atomic E-state index is -0.467. The molecule has 1 rings (SSSR count). The molecule has 1 aliphatic heterocycles. The van der Waals surface area contributed by atoms with E-state index in [4.69, 9.17) is 9.47 Å². The van der Waals surface area contributed by atoms with Gasteiger partial charge in [0.05, 0.1) is 6.61 Å². The van der Waals surface area contributed by atoms with E-state index in [0.29, 0.717) is 32.0 Å². The number of nitrogens with zero attached hydrogens (tertiary/aromatic N) is 1. The second-order valence-corrected chi connectivity index (χ2v) is 7.38. The van der Waals surface area contributed by atoms with Crippen LogP contribution >= 0.6 is 0 Å². The molecule has 0 spiro atoms. The molecule has 25 heavy (non-hydrogen) atoms. The number of likely N-dealkylation sites (tertiary alicyclic amines) is 1. The van der Waals surface area contributed by atoms with Crippen molar-refractivity contribution in [2.45, 2.75) is 65.4 Å². The molecule has 7 nitrogen and oxygen atoms in total. The van der Waals surface area contributed by atoms with E-state index < -0.39 is 11.6 Å². The molecule has 7 heteroatoms. The third-order valence-electron chi connectivity index (χ3n) is 4.02. The van der Waals surface area contributed by atoms with Crippen LogP contribution in [0.3, 0.4) is 0 Å². The Balaban J connectivity index is 2.15. The van der Waals surface area contributed by atoms with Gasteiger partial charge in [0.2, 0.25) is 5.91 Å². The van der Waals surface area contributed by atoms with E-state index in [-0.39, 0.29) is 18.5 Å². The number of piperidine rings is 1. The van der Waals surface area contributed by atoms with Crippen molar-refractivity contribution in [2.75, 3.05) is 26.2 Å². The van der Waals surface area contributed by atoms with E-state index in [1.54, 1.807) is 11.8 Å². The highest BCUT2D eigenvalue weighted by atomic mass is 16.6. The first-order chi connectivity index (χ1) is 11.7. The van der Waals surface area contributed by atoms with E-state index in [2.05, 4.69) is 5.32 Å². The standard InChI is InChI=1S/C18H32N2O5/c1-5-24-16(22)13-19-15(21)8-6-7-14-9-11-20(12-10-14)17(23)25-18(2,3)4/h14H,5-13H2,1-4H3,(H,19,21). The maximum absolute atomic E-state index is 12.0.